The van der Waals surface area contributed by atoms with E-state index in [0.29, 0.717) is 5.69 Å². The smallest absolute Gasteiger partial charge is 0.266 e. The van der Waals surface area contributed by atoms with E-state index < -0.39 is 5.91 Å². The fourth-order valence-corrected chi connectivity index (χ4v) is 2.55. The summed E-state index contributed by atoms with van der Waals surface area (Å²) in [6, 6.07) is 13.2. The van der Waals surface area contributed by atoms with Crippen molar-refractivity contribution in [2.24, 2.45) is 0 Å². The van der Waals surface area contributed by atoms with E-state index in [0.717, 1.165) is 28.0 Å². The second-order valence-electron chi connectivity index (χ2n) is 5.73. The van der Waals surface area contributed by atoms with E-state index in [1.807, 2.05) is 63.2 Å². The molecule has 0 atom stereocenters. The second-order valence-corrected chi connectivity index (χ2v) is 5.73. The van der Waals surface area contributed by atoms with E-state index in [4.69, 9.17) is 4.74 Å². The standard InChI is InChI=1S/C20H20N2O2/c1-13-7-14(2)9-18(8-13)22-20(23)17(12-21)11-16-5-6-19(24-4)15(3)10-16/h5-11H,1-4H3,(H,22,23). The first-order valence-electron chi connectivity index (χ1n) is 7.59. The van der Waals surface area contributed by atoms with Gasteiger partial charge in [0.15, 0.2) is 0 Å². The van der Waals surface area contributed by atoms with E-state index >= 15 is 0 Å². The van der Waals surface area contributed by atoms with Crippen LogP contribution in [-0.2, 0) is 4.79 Å². The van der Waals surface area contributed by atoms with Gasteiger partial charge >= 0.3 is 0 Å². The molecule has 2 aromatic rings. The van der Waals surface area contributed by atoms with Crippen molar-refractivity contribution in [2.45, 2.75) is 20.8 Å². The van der Waals surface area contributed by atoms with E-state index in [2.05, 4.69) is 5.32 Å². The number of ether oxygens (including phenoxy) is 1. The summed E-state index contributed by atoms with van der Waals surface area (Å²) in [5.41, 5.74) is 4.57. The molecule has 0 unspecified atom stereocenters. The molecule has 0 fully saturated rings. The van der Waals surface area contributed by atoms with Crippen LogP contribution in [0.15, 0.2) is 42.0 Å². The maximum atomic E-state index is 12.4. The molecule has 0 spiro atoms. The maximum absolute atomic E-state index is 12.4. The van der Waals surface area contributed by atoms with Gasteiger partial charge in [0, 0.05) is 5.69 Å². The van der Waals surface area contributed by atoms with Crippen LogP contribution in [0.1, 0.15) is 22.3 Å². The molecule has 1 amide bonds. The molecule has 2 rings (SSSR count). The summed E-state index contributed by atoms with van der Waals surface area (Å²) in [7, 11) is 1.61. The normalized spacial score (nSPS) is 10.9. The topological polar surface area (TPSA) is 62.1 Å². The lowest BCUT2D eigenvalue weighted by atomic mass is 10.1. The molecule has 0 radical (unpaired) electrons. The number of aryl methyl sites for hydroxylation is 3. The highest BCUT2D eigenvalue weighted by Crippen LogP contribution is 2.20. The molecule has 0 aliphatic carbocycles. The Morgan fingerprint density at radius 3 is 2.33 bits per heavy atom. The fourth-order valence-electron chi connectivity index (χ4n) is 2.55. The number of methoxy groups -OCH3 is 1. The zero-order valence-corrected chi connectivity index (χ0v) is 14.3. The number of nitrogens with one attached hydrogen (secondary N) is 1. The highest BCUT2D eigenvalue weighted by molar-refractivity contribution is 6.09. The molecular formula is C20H20N2O2. The van der Waals surface area contributed by atoms with Crippen LogP contribution in [0.3, 0.4) is 0 Å². The molecule has 4 heteroatoms. The third-order valence-corrected chi connectivity index (χ3v) is 3.57. The highest BCUT2D eigenvalue weighted by Gasteiger charge is 2.10. The number of benzene rings is 2. The van der Waals surface area contributed by atoms with Crippen molar-refractivity contribution in [3.63, 3.8) is 0 Å². The first-order chi connectivity index (χ1) is 11.4. The number of nitrogens with zero attached hydrogens (tertiary/aromatic N) is 1. The van der Waals surface area contributed by atoms with Crippen molar-refractivity contribution in [1.82, 2.24) is 0 Å². The molecule has 0 bridgehead atoms. The van der Waals surface area contributed by atoms with Gasteiger partial charge in [0.05, 0.1) is 7.11 Å². The average Bonchev–Trinajstić information content (AvgIpc) is 2.51. The Morgan fingerprint density at radius 1 is 1.12 bits per heavy atom. The lowest BCUT2D eigenvalue weighted by Gasteiger charge is -2.08. The fraction of sp³-hybridized carbons (Fsp3) is 0.200. The number of carbonyl (C=O) groups excluding carboxylic acids is 1. The van der Waals surface area contributed by atoms with Gasteiger partial charge in [-0.3, -0.25) is 4.79 Å². The minimum atomic E-state index is -0.420. The van der Waals surface area contributed by atoms with Gasteiger partial charge in [-0.25, -0.2) is 0 Å². The predicted octanol–water partition coefficient (Wildman–Crippen LogP) is 4.17. The lowest BCUT2D eigenvalue weighted by Crippen LogP contribution is -2.13. The summed E-state index contributed by atoms with van der Waals surface area (Å²) in [5, 5.41) is 12.1. The Balaban J connectivity index is 2.25. The molecule has 122 valence electrons. The quantitative estimate of drug-likeness (QED) is 0.679. The number of amides is 1. The van der Waals surface area contributed by atoms with Crippen molar-refractivity contribution >= 4 is 17.7 Å². The van der Waals surface area contributed by atoms with Gasteiger partial charge in [-0.2, -0.15) is 5.26 Å². The minimum absolute atomic E-state index is 0.0544. The van der Waals surface area contributed by atoms with Crippen molar-refractivity contribution in [2.75, 3.05) is 12.4 Å². The molecule has 0 saturated heterocycles. The summed E-state index contributed by atoms with van der Waals surface area (Å²) in [6.45, 7) is 5.84. The molecule has 0 aliphatic rings. The van der Waals surface area contributed by atoms with E-state index in [9.17, 15) is 10.1 Å². The summed E-state index contributed by atoms with van der Waals surface area (Å²) in [6.07, 6.45) is 1.57. The predicted molar refractivity (Wildman–Crippen MR) is 95.9 cm³/mol. The highest BCUT2D eigenvalue weighted by atomic mass is 16.5. The average molecular weight is 320 g/mol. The van der Waals surface area contributed by atoms with Crippen LogP contribution in [-0.4, -0.2) is 13.0 Å². The third kappa shape index (κ3) is 4.23. The summed E-state index contributed by atoms with van der Waals surface area (Å²) in [4.78, 5) is 12.4. The summed E-state index contributed by atoms with van der Waals surface area (Å²) >= 11 is 0. The number of carbonyl (C=O) groups is 1. The molecule has 1 N–H and O–H groups in total. The molecule has 0 aliphatic heterocycles. The number of hydrogen-bond donors (Lipinski definition) is 1. The Kier molecular flexibility index (Phi) is 5.39. The Hall–Kier alpha value is -3.06. The summed E-state index contributed by atoms with van der Waals surface area (Å²) < 4.78 is 5.22. The van der Waals surface area contributed by atoms with Crippen molar-refractivity contribution < 1.29 is 9.53 Å². The summed E-state index contributed by atoms with van der Waals surface area (Å²) in [5.74, 6) is 0.348. The van der Waals surface area contributed by atoms with Gasteiger partial charge in [0.25, 0.3) is 5.91 Å². The van der Waals surface area contributed by atoms with Crippen molar-refractivity contribution in [1.29, 1.82) is 5.26 Å². The molecule has 24 heavy (non-hydrogen) atoms. The number of anilines is 1. The number of hydrogen-bond acceptors (Lipinski definition) is 3. The van der Waals surface area contributed by atoms with Crippen molar-refractivity contribution in [3.05, 3.63) is 64.2 Å². The second kappa shape index (κ2) is 7.47. The van der Waals surface area contributed by atoms with Gasteiger partial charge in [0.1, 0.15) is 17.4 Å². The molecule has 2 aromatic carbocycles. The molecule has 0 saturated carbocycles. The lowest BCUT2D eigenvalue weighted by molar-refractivity contribution is -0.112. The van der Waals surface area contributed by atoms with Gasteiger partial charge < -0.3 is 10.1 Å². The molecule has 4 nitrogen and oxygen atoms in total. The number of rotatable bonds is 4. The zero-order chi connectivity index (χ0) is 17.7. The molecule has 0 heterocycles. The van der Waals surface area contributed by atoms with Gasteiger partial charge in [-0.05, 0) is 73.4 Å². The maximum Gasteiger partial charge on any atom is 0.266 e. The van der Waals surface area contributed by atoms with Crippen molar-refractivity contribution in [3.8, 4) is 11.8 Å². The largest absolute Gasteiger partial charge is 0.496 e. The van der Waals surface area contributed by atoms with Crippen LogP contribution >= 0.6 is 0 Å². The van der Waals surface area contributed by atoms with Crippen LogP contribution in [0.2, 0.25) is 0 Å². The van der Waals surface area contributed by atoms with Crippen LogP contribution in [0.5, 0.6) is 5.75 Å². The molecule has 0 aromatic heterocycles. The van der Waals surface area contributed by atoms with E-state index in [-0.39, 0.29) is 5.57 Å². The van der Waals surface area contributed by atoms with Gasteiger partial charge in [0.2, 0.25) is 0 Å². The van der Waals surface area contributed by atoms with Crippen LogP contribution in [0, 0.1) is 32.1 Å². The monoisotopic (exact) mass is 320 g/mol. The first-order valence-corrected chi connectivity index (χ1v) is 7.59. The SMILES string of the molecule is COc1ccc(C=C(C#N)C(=O)Nc2cc(C)cc(C)c2)cc1C. The van der Waals surface area contributed by atoms with Crippen LogP contribution < -0.4 is 10.1 Å². The molecular weight excluding hydrogens is 300 g/mol. The third-order valence-electron chi connectivity index (χ3n) is 3.57. The Morgan fingerprint density at radius 2 is 1.79 bits per heavy atom. The van der Waals surface area contributed by atoms with Crippen LogP contribution in [0.25, 0.3) is 6.08 Å². The Labute approximate surface area is 142 Å². The van der Waals surface area contributed by atoms with Gasteiger partial charge in [-0.1, -0.05) is 12.1 Å². The van der Waals surface area contributed by atoms with E-state index in [1.165, 1.54) is 0 Å². The first kappa shape index (κ1) is 17.3. The zero-order valence-electron chi connectivity index (χ0n) is 14.3. The minimum Gasteiger partial charge on any atom is -0.496 e. The Bertz CT molecular complexity index is 825. The number of nitriles is 1. The van der Waals surface area contributed by atoms with Crippen LogP contribution in [0.4, 0.5) is 5.69 Å². The van der Waals surface area contributed by atoms with Gasteiger partial charge in [-0.15, -0.1) is 0 Å². The van der Waals surface area contributed by atoms with E-state index in [1.54, 1.807) is 13.2 Å².